The number of hydrogen-bond acceptors (Lipinski definition) is 7. The number of nitrogens with zero attached hydrogens (tertiary/aromatic N) is 3. The van der Waals surface area contributed by atoms with Crippen LogP contribution in [0.2, 0.25) is 0 Å². The average Bonchev–Trinajstić information content (AvgIpc) is 3.26. The molecule has 1 aromatic heterocycles. The summed E-state index contributed by atoms with van der Waals surface area (Å²) in [6, 6.07) is 8.09. The second kappa shape index (κ2) is 8.73. The molecule has 128 valence electrons. The Balaban J connectivity index is 1.47. The van der Waals surface area contributed by atoms with Crippen molar-refractivity contribution in [3.8, 4) is 0 Å². The Morgan fingerprint density at radius 3 is 2.50 bits per heavy atom. The van der Waals surface area contributed by atoms with E-state index in [2.05, 4.69) is 39.5 Å². The number of anilines is 2. The summed E-state index contributed by atoms with van der Waals surface area (Å²) in [6.07, 6.45) is 2.53. The van der Waals surface area contributed by atoms with Gasteiger partial charge in [0, 0.05) is 24.5 Å². The summed E-state index contributed by atoms with van der Waals surface area (Å²) in [5.41, 5.74) is 2.07. The molecule has 1 aliphatic rings. The molecule has 1 N–H and O–H groups in total. The molecule has 3 rings (SSSR count). The third-order valence-corrected chi connectivity index (χ3v) is 6.68. The zero-order chi connectivity index (χ0) is 16.8. The van der Waals surface area contributed by atoms with Gasteiger partial charge in [0.2, 0.25) is 5.91 Å². The van der Waals surface area contributed by atoms with Crippen molar-refractivity contribution in [2.45, 2.75) is 28.4 Å². The predicted molar refractivity (Wildman–Crippen MR) is 104 cm³/mol. The third-order valence-electron chi connectivity index (χ3n) is 3.60. The number of hydrogen-bond donors (Lipinski definition) is 1. The van der Waals surface area contributed by atoms with Crippen molar-refractivity contribution in [2.75, 3.05) is 34.8 Å². The maximum absolute atomic E-state index is 12.1. The molecule has 2 heterocycles. The normalized spacial score (nSPS) is 14.1. The Morgan fingerprint density at radius 2 is 1.83 bits per heavy atom. The van der Waals surface area contributed by atoms with Gasteiger partial charge in [0.25, 0.3) is 0 Å². The fourth-order valence-corrected chi connectivity index (χ4v) is 5.21. The first-order chi connectivity index (χ1) is 11.7. The van der Waals surface area contributed by atoms with E-state index in [1.165, 1.54) is 41.6 Å². The molecular formula is C16H20N4OS3. The van der Waals surface area contributed by atoms with E-state index in [-0.39, 0.29) is 5.91 Å². The largest absolute Gasteiger partial charge is 0.372 e. The monoisotopic (exact) mass is 380 g/mol. The van der Waals surface area contributed by atoms with E-state index in [9.17, 15) is 4.79 Å². The van der Waals surface area contributed by atoms with Crippen LogP contribution in [0.3, 0.4) is 0 Å². The molecule has 24 heavy (non-hydrogen) atoms. The number of nitrogens with one attached hydrogen (secondary N) is 1. The summed E-state index contributed by atoms with van der Waals surface area (Å²) in [6.45, 7) is 4.34. The lowest BCUT2D eigenvalue weighted by Crippen LogP contribution is -2.18. The number of rotatable bonds is 7. The molecule has 5 nitrogen and oxygen atoms in total. The SMILES string of the molecule is CCSc1nnc(SCC(=O)Nc2ccc(N3CCCC3)cc2)s1. The number of benzene rings is 1. The Labute approximate surface area is 154 Å². The lowest BCUT2D eigenvalue weighted by Gasteiger charge is -2.17. The van der Waals surface area contributed by atoms with Crippen molar-refractivity contribution in [3.63, 3.8) is 0 Å². The molecule has 1 aromatic carbocycles. The van der Waals surface area contributed by atoms with Crippen LogP contribution in [-0.4, -0.2) is 40.7 Å². The Kier molecular flexibility index (Phi) is 6.39. The summed E-state index contributed by atoms with van der Waals surface area (Å²) in [5, 5.41) is 11.1. The molecule has 1 amide bonds. The van der Waals surface area contributed by atoms with Gasteiger partial charge >= 0.3 is 0 Å². The van der Waals surface area contributed by atoms with Crippen molar-refractivity contribution in [3.05, 3.63) is 24.3 Å². The van der Waals surface area contributed by atoms with Crippen molar-refractivity contribution in [2.24, 2.45) is 0 Å². The molecule has 0 radical (unpaired) electrons. The van der Waals surface area contributed by atoms with Gasteiger partial charge < -0.3 is 10.2 Å². The maximum atomic E-state index is 12.1. The van der Waals surface area contributed by atoms with Crippen LogP contribution in [0.5, 0.6) is 0 Å². The van der Waals surface area contributed by atoms with Crippen LogP contribution in [0.4, 0.5) is 11.4 Å². The van der Waals surface area contributed by atoms with Gasteiger partial charge in [-0.05, 0) is 42.9 Å². The zero-order valence-electron chi connectivity index (χ0n) is 13.5. The Bertz CT molecular complexity index is 668. The number of carbonyl (C=O) groups is 1. The summed E-state index contributed by atoms with van der Waals surface area (Å²) >= 11 is 4.64. The molecule has 8 heteroatoms. The first-order valence-electron chi connectivity index (χ1n) is 7.98. The fourth-order valence-electron chi connectivity index (χ4n) is 2.49. The number of carbonyl (C=O) groups excluding carboxylic acids is 1. The van der Waals surface area contributed by atoms with Crippen molar-refractivity contribution in [1.82, 2.24) is 10.2 Å². The molecule has 1 saturated heterocycles. The van der Waals surface area contributed by atoms with Gasteiger partial charge in [-0.2, -0.15) is 0 Å². The summed E-state index contributed by atoms with van der Waals surface area (Å²) < 4.78 is 1.79. The van der Waals surface area contributed by atoms with Gasteiger partial charge in [0.15, 0.2) is 8.68 Å². The van der Waals surface area contributed by atoms with E-state index < -0.39 is 0 Å². The van der Waals surface area contributed by atoms with Crippen molar-refractivity contribution >= 4 is 52.1 Å². The second-order valence-electron chi connectivity index (χ2n) is 5.34. The molecule has 0 saturated carbocycles. The molecule has 0 unspecified atom stereocenters. The Hall–Kier alpha value is -1.25. The zero-order valence-corrected chi connectivity index (χ0v) is 16.0. The van der Waals surface area contributed by atoms with Crippen LogP contribution in [0, 0.1) is 0 Å². The Morgan fingerprint density at radius 1 is 1.17 bits per heavy atom. The quantitative estimate of drug-likeness (QED) is 0.733. The predicted octanol–water partition coefficient (Wildman–Crippen LogP) is 3.98. The van der Waals surface area contributed by atoms with Gasteiger partial charge in [0.05, 0.1) is 5.75 Å². The van der Waals surface area contributed by atoms with Gasteiger partial charge in [0.1, 0.15) is 0 Å². The molecule has 2 aromatic rings. The van der Waals surface area contributed by atoms with Crippen LogP contribution in [0.25, 0.3) is 0 Å². The number of aromatic nitrogens is 2. The molecule has 0 bridgehead atoms. The summed E-state index contributed by atoms with van der Waals surface area (Å²) in [4.78, 5) is 14.4. The van der Waals surface area contributed by atoms with Crippen LogP contribution < -0.4 is 10.2 Å². The molecule has 1 fully saturated rings. The van der Waals surface area contributed by atoms with Gasteiger partial charge in [-0.1, -0.05) is 41.8 Å². The van der Waals surface area contributed by atoms with E-state index in [0.29, 0.717) is 5.75 Å². The van der Waals surface area contributed by atoms with Crippen LogP contribution in [0.1, 0.15) is 19.8 Å². The van der Waals surface area contributed by atoms with Gasteiger partial charge in [-0.15, -0.1) is 10.2 Å². The van der Waals surface area contributed by atoms with E-state index in [4.69, 9.17) is 0 Å². The van der Waals surface area contributed by atoms with E-state index in [1.54, 1.807) is 11.8 Å². The van der Waals surface area contributed by atoms with E-state index in [1.807, 2.05) is 12.1 Å². The highest BCUT2D eigenvalue weighted by Crippen LogP contribution is 2.28. The summed E-state index contributed by atoms with van der Waals surface area (Å²) in [7, 11) is 0. The molecule has 0 atom stereocenters. The highest BCUT2D eigenvalue weighted by atomic mass is 32.2. The van der Waals surface area contributed by atoms with Crippen LogP contribution >= 0.6 is 34.9 Å². The van der Waals surface area contributed by atoms with Crippen molar-refractivity contribution in [1.29, 1.82) is 0 Å². The van der Waals surface area contributed by atoms with E-state index >= 15 is 0 Å². The number of thioether (sulfide) groups is 2. The average molecular weight is 381 g/mol. The van der Waals surface area contributed by atoms with Crippen LogP contribution in [-0.2, 0) is 4.79 Å². The minimum Gasteiger partial charge on any atom is -0.372 e. The summed E-state index contributed by atoms with van der Waals surface area (Å²) in [5.74, 6) is 1.31. The highest BCUT2D eigenvalue weighted by molar-refractivity contribution is 8.03. The third kappa shape index (κ3) is 4.87. The lowest BCUT2D eigenvalue weighted by molar-refractivity contribution is -0.113. The first-order valence-corrected chi connectivity index (χ1v) is 10.8. The minimum absolute atomic E-state index is 0.0196. The van der Waals surface area contributed by atoms with Gasteiger partial charge in [-0.3, -0.25) is 4.79 Å². The van der Waals surface area contributed by atoms with Crippen LogP contribution in [0.15, 0.2) is 32.9 Å². The molecular weight excluding hydrogens is 360 g/mol. The minimum atomic E-state index is -0.0196. The smallest absolute Gasteiger partial charge is 0.234 e. The van der Waals surface area contributed by atoms with Crippen molar-refractivity contribution < 1.29 is 4.79 Å². The topological polar surface area (TPSA) is 58.1 Å². The van der Waals surface area contributed by atoms with Gasteiger partial charge in [-0.25, -0.2) is 0 Å². The first kappa shape index (κ1) is 17.6. The standard InChI is InChI=1S/C16H20N4OS3/c1-2-22-15-18-19-16(24-15)23-11-14(21)17-12-5-7-13(8-6-12)20-9-3-4-10-20/h5-8H,2-4,9-11H2,1H3,(H,17,21). The number of amides is 1. The fraction of sp³-hybridized carbons (Fsp3) is 0.438. The lowest BCUT2D eigenvalue weighted by atomic mass is 10.2. The maximum Gasteiger partial charge on any atom is 0.234 e. The molecule has 0 spiro atoms. The van der Waals surface area contributed by atoms with E-state index in [0.717, 1.165) is 33.2 Å². The highest BCUT2D eigenvalue weighted by Gasteiger charge is 2.12. The molecule has 0 aliphatic carbocycles. The molecule has 1 aliphatic heterocycles. The second-order valence-corrected chi connectivity index (χ2v) is 9.06.